The molecule has 1 fully saturated rings. The number of nitrogens with zero attached hydrogens (tertiary/aromatic N) is 9. The summed E-state index contributed by atoms with van der Waals surface area (Å²) in [5, 5.41) is 0. The summed E-state index contributed by atoms with van der Waals surface area (Å²) in [6.45, 7) is 25.1. The molecule has 0 spiro atoms. The van der Waals surface area contributed by atoms with Crippen LogP contribution in [0.1, 0.15) is 92.0 Å². The van der Waals surface area contributed by atoms with Gasteiger partial charge in [-0.3, -0.25) is 28.4 Å². The highest BCUT2D eigenvalue weighted by Gasteiger charge is 2.25. The smallest absolute Gasteiger partial charge is 0.244 e. The zero-order valence-electron chi connectivity index (χ0n) is 52.4. The number of hydrogen-bond acceptors (Lipinski definition) is 15. The second-order valence-corrected chi connectivity index (χ2v) is 28.2. The van der Waals surface area contributed by atoms with Crippen LogP contribution in [0.4, 0.5) is 17.1 Å². The van der Waals surface area contributed by atoms with E-state index < -0.39 is 22.1 Å². The number of hydrogen-bond donors (Lipinski definition) is 3. The minimum absolute atomic E-state index is 0.0481. The van der Waals surface area contributed by atoms with E-state index in [-0.39, 0.29) is 16.3 Å². The minimum Gasteiger partial charge on any atom is -0.495 e. The van der Waals surface area contributed by atoms with Gasteiger partial charge in [0, 0.05) is 152 Å². The monoisotopic (exact) mass is 1240 g/mol. The van der Waals surface area contributed by atoms with Gasteiger partial charge >= 0.3 is 0 Å². The third-order valence-corrected chi connectivity index (χ3v) is 18.4. The van der Waals surface area contributed by atoms with Crippen LogP contribution in [0, 0.1) is 35.5 Å². The molecule has 3 unspecified atom stereocenters. The Balaban J connectivity index is 1.26. The van der Waals surface area contributed by atoms with Crippen LogP contribution in [0.3, 0.4) is 0 Å². The van der Waals surface area contributed by atoms with E-state index in [9.17, 15) is 28.4 Å². The maximum atomic E-state index is 13.4. The van der Waals surface area contributed by atoms with Crippen molar-refractivity contribution in [3.8, 4) is 52.8 Å². The molecule has 3 aromatic carbocycles. The molecule has 3 atom stereocenters. The van der Waals surface area contributed by atoms with E-state index >= 15 is 0 Å². The molecule has 0 amide bonds. The lowest BCUT2D eigenvalue weighted by molar-refractivity contribution is 0.207. The Morgan fingerprint density at radius 3 is 0.828 bits per heavy atom. The first-order valence-corrected chi connectivity index (χ1v) is 35.8. The maximum Gasteiger partial charge on any atom is 0.244 e. The van der Waals surface area contributed by atoms with Crippen molar-refractivity contribution in [2.24, 2.45) is 0 Å². The van der Waals surface area contributed by atoms with Gasteiger partial charge in [0.2, 0.25) is 22.1 Å². The summed E-state index contributed by atoms with van der Waals surface area (Å²) in [4.78, 5) is 60.6. The van der Waals surface area contributed by atoms with Gasteiger partial charge in [-0.25, -0.2) is 15.0 Å². The van der Waals surface area contributed by atoms with Crippen molar-refractivity contribution in [1.82, 2.24) is 29.7 Å². The van der Waals surface area contributed by atoms with Crippen LogP contribution < -0.4 is 45.2 Å². The predicted molar refractivity (Wildman–Crippen MR) is 352 cm³/mol. The summed E-state index contributed by atoms with van der Waals surface area (Å²) in [5.74, 6) is 21.8. The molecule has 0 aliphatic carbocycles. The van der Waals surface area contributed by atoms with Crippen molar-refractivity contribution in [3.63, 3.8) is 0 Å². The highest BCUT2D eigenvalue weighted by Crippen LogP contribution is 2.37. The van der Waals surface area contributed by atoms with Crippen LogP contribution in [0.5, 0.6) is 17.2 Å². The summed E-state index contributed by atoms with van der Waals surface area (Å²) in [6.07, 6.45) is 0. The molecule has 0 radical (unpaired) electrons. The Morgan fingerprint density at radius 2 is 0.621 bits per heavy atom. The van der Waals surface area contributed by atoms with E-state index in [4.69, 9.17) is 29.2 Å². The third-order valence-electron chi connectivity index (χ3n) is 15.1. The lowest BCUT2D eigenvalue weighted by Crippen LogP contribution is -2.36. The average molecular weight is 1240 g/mol. The number of anilines is 3. The SMILES string of the molecule is CCN(CC)c1cc(C#Cc2cc(CN3CCN(Cc4cc(C#Cc5ccc(OC)c(N(CC)CC)c5)cc(P(C)(=O)O)n4)CCN(Cc4cc(C#Cc5ccc(OC)c(N(CC)CC)c5)cc(P(C)(=O)O)n4)CC3)nc(P(C)(=O)O)c2)ccc1OC. The van der Waals surface area contributed by atoms with Crippen LogP contribution in [0.2, 0.25) is 0 Å². The molecule has 1 aliphatic rings. The van der Waals surface area contributed by atoms with Gasteiger partial charge < -0.3 is 43.6 Å². The van der Waals surface area contributed by atoms with Crippen LogP contribution >= 0.6 is 22.1 Å². The van der Waals surface area contributed by atoms with E-state index in [0.29, 0.717) is 92.7 Å². The summed E-state index contributed by atoms with van der Waals surface area (Å²) < 4.78 is 57.3. The maximum absolute atomic E-state index is 13.4. The van der Waals surface area contributed by atoms with Crippen molar-refractivity contribution in [2.45, 2.75) is 61.2 Å². The first-order chi connectivity index (χ1) is 41.5. The minimum atomic E-state index is -3.85. The molecule has 21 heteroatoms. The highest BCUT2D eigenvalue weighted by atomic mass is 31.2. The van der Waals surface area contributed by atoms with Crippen molar-refractivity contribution >= 4 is 55.5 Å². The van der Waals surface area contributed by atoms with E-state index in [0.717, 1.165) is 90.3 Å². The molecule has 18 nitrogen and oxygen atoms in total. The van der Waals surface area contributed by atoms with Gasteiger partial charge in [0.25, 0.3) is 0 Å². The molecule has 7 rings (SSSR count). The standard InChI is InChI=1S/C66H84N9O9P3/c1-13-73(14-2)58-40-49(25-28-61(58)82-7)19-22-52-37-55(67-64(43-52)85(10,76)77)46-70-31-33-71(47-56-38-53(44-65(68-56)86(11,78)79)23-20-50-26-29-62(83-8)59(41-50)74(15-3)16-4)35-36-72(34-32-70)48-57-39-54(45-66(69-57)87(12,80)81)24-21-51-27-30-63(84-9)60(42-51)75(17-5)18-6/h25-30,37-45H,13-18,31-36,46-48H2,1-12H3,(H,76,77)(H,78,79)(H,80,81). The Bertz CT molecular complexity index is 3330. The molecule has 0 bridgehead atoms. The number of pyridine rings is 3. The van der Waals surface area contributed by atoms with Crippen molar-refractivity contribution in [3.05, 3.63) is 141 Å². The second kappa shape index (κ2) is 30.8. The van der Waals surface area contributed by atoms with Gasteiger partial charge in [0.1, 0.15) is 33.6 Å². The number of methoxy groups -OCH3 is 3. The molecule has 0 saturated carbocycles. The molecule has 3 aromatic heterocycles. The number of ether oxygens (including phenoxy) is 3. The van der Waals surface area contributed by atoms with Crippen molar-refractivity contribution in [1.29, 1.82) is 0 Å². The second-order valence-electron chi connectivity index (χ2n) is 21.5. The lowest BCUT2D eigenvalue weighted by Gasteiger charge is -2.26. The topological polar surface area (TPSA) is 198 Å². The molecule has 3 N–H and O–H groups in total. The van der Waals surface area contributed by atoms with E-state index in [1.165, 1.54) is 20.0 Å². The average Bonchev–Trinajstić information content (AvgIpc) is 2.63. The molecule has 4 heterocycles. The van der Waals surface area contributed by atoms with Crippen LogP contribution in [-0.2, 0) is 33.3 Å². The Labute approximate surface area is 515 Å². The first-order valence-electron chi connectivity index (χ1n) is 29.5. The third kappa shape index (κ3) is 18.8. The normalized spacial score (nSPS) is 15.2. The zero-order valence-corrected chi connectivity index (χ0v) is 55.1. The molecular formula is C66H84N9O9P3. The predicted octanol–water partition coefficient (Wildman–Crippen LogP) is 8.03. The Hall–Kier alpha value is -6.96. The van der Waals surface area contributed by atoms with Gasteiger partial charge in [0.05, 0.1) is 55.5 Å². The van der Waals surface area contributed by atoms with Gasteiger partial charge in [0.15, 0.2) is 0 Å². The number of benzene rings is 3. The van der Waals surface area contributed by atoms with E-state index in [1.807, 2.05) is 72.8 Å². The van der Waals surface area contributed by atoms with Crippen LogP contribution in [0.25, 0.3) is 0 Å². The number of aromatic nitrogens is 3. The molecule has 1 aliphatic heterocycles. The summed E-state index contributed by atoms with van der Waals surface area (Å²) in [5.41, 5.74) is 8.47. The highest BCUT2D eigenvalue weighted by molar-refractivity contribution is 7.65. The quantitative estimate of drug-likeness (QED) is 0.0462. The summed E-state index contributed by atoms with van der Waals surface area (Å²) >= 11 is 0. The fourth-order valence-corrected chi connectivity index (χ4v) is 12.4. The van der Waals surface area contributed by atoms with Gasteiger partial charge in [-0.15, -0.1) is 0 Å². The van der Waals surface area contributed by atoms with E-state index in [2.05, 4.69) is 106 Å². The van der Waals surface area contributed by atoms with Crippen molar-refractivity contribution < 1.29 is 42.6 Å². The van der Waals surface area contributed by atoms with Crippen LogP contribution in [-0.4, -0.2) is 164 Å². The Morgan fingerprint density at radius 1 is 0.391 bits per heavy atom. The Kier molecular flexibility index (Phi) is 23.9. The van der Waals surface area contributed by atoms with Crippen LogP contribution in [0.15, 0.2) is 91.0 Å². The fraction of sp³-hybridized carbons (Fsp3) is 0.409. The molecule has 1 saturated heterocycles. The largest absolute Gasteiger partial charge is 0.495 e. The first kappa shape index (κ1) is 67.5. The fourth-order valence-electron chi connectivity index (χ4n) is 10.3. The van der Waals surface area contributed by atoms with Gasteiger partial charge in [-0.1, -0.05) is 35.5 Å². The molecule has 6 aromatic rings. The summed E-state index contributed by atoms with van der Waals surface area (Å²) in [6, 6.07) is 27.7. The summed E-state index contributed by atoms with van der Waals surface area (Å²) in [7, 11) is -6.62. The van der Waals surface area contributed by atoms with Gasteiger partial charge in [-0.05, 0) is 133 Å². The molecule has 87 heavy (non-hydrogen) atoms. The molecule has 462 valence electrons. The van der Waals surface area contributed by atoms with Crippen molar-refractivity contribution in [2.75, 3.05) is 135 Å². The number of rotatable bonds is 21. The lowest BCUT2D eigenvalue weighted by atomic mass is 10.1. The van der Waals surface area contributed by atoms with E-state index in [1.54, 1.807) is 39.5 Å². The van der Waals surface area contributed by atoms with Gasteiger partial charge in [-0.2, -0.15) is 0 Å². The zero-order chi connectivity index (χ0) is 63.1. The molecular weight excluding hydrogens is 1160 g/mol.